The van der Waals surface area contributed by atoms with Crippen LogP contribution in [-0.4, -0.2) is 21.9 Å². The van der Waals surface area contributed by atoms with E-state index < -0.39 is 0 Å². The average molecular weight is 393 g/mol. The zero-order chi connectivity index (χ0) is 19.5. The predicted octanol–water partition coefficient (Wildman–Crippen LogP) is 4.76. The maximum atomic E-state index is 12.4. The molecule has 2 heterocycles. The van der Waals surface area contributed by atoms with Crippen LogP contribution in [0.2, 0.25) is 0 Å². The Morgan fingerprint density at radius 2 is 1.96 bits per heavy atom. The zero-order valence-corrected chi connectivity index (χ0v) is 16.3. The molecule has 0 radical (unpaired) electrons. The van der Waals surface area contributed by atoms with E-state index in [1.165, 1.54) is 11.8 Å². The van der Waals surface area contributed by atoms with E-state index in [0.29, 0.717) is 16.9 Å². The van der Waals surface area contributed by atoms with Gasteiger partial charge >= 0.3 is 0 Å². The molecular formula is C21H19N3O3S. The van der Waals surface area contributed by atoms with Crippen molar-refractivity contribution in [2.75, 3.05) is 5.75 Å². The Bertz CT molecular complexity index is 1110. The number of hydrogen-bond acceptors (Lipinski definition) is 6. The molecule has 2 aromatic carbocycles. The van der Waals surface area contributed by atoms with Crippen LogP contribution in [0.1, 0.15) is 24.3 Å². The van der Waals surface area contributed by atoms with E-state index >= 15 is 0 Å². The third-order valence-electron chi connectivity index (χ3n) is 4.49. The number of nitrogens with one attached hydrogen (secondary N) is 1. The fraction of sp³-hybridized carbons (Fsp3) is 0.190. The van der Waals surface area contributed by atoms with Gasteiger partial charge < -0.3 is 14.2 Å². The number of aryl methyl sites for hydroxylation is 1. The fourth-order valence-corrected chi connectivity index (χ4v) is 3.67. The summed E-state index contributed by atoms with van der Waals surface area (Å²) in [5.41, 5.74) is 1.85. The Morgan fingerprint density at radius 3 is 2.79 bits per heavy atom. The van der Waals surface area contributed by atoms with Crippen molar-refractivity contribution in [1.82, 2.24) is 15.5 Å². The second-order valence-electron chi connectivity index (χ2n) is 6.41. The van der Waals surface area contributed by atoms with Crippen LogP contribution in [0.5, 0.6) is 0 Å². The predicted molar refractivity (Wildman–Crippen MR) is 108 cm³/mol. The van der Waals surface area contributed by atoms with Gasteiger partial charge in [-0.05, 0) is 36.2 Å². The molecule has 4 aromatic rings. The van der Waals surface area contributed by atoms with Crippen LogP contribution >= 0.6 is 11.8 Å². The summed E-state index contributed by atoms with van der Waals surface area (Å²) in [5.74, 6) is 1.20. The Hall–Kier alpha value is -3.06. The van der Waals surface area contributed by atoms with Gasteiger partial charge in [0.25, 0.3) is 11.1 Å². The van der Waals surface area contributed by atoms with Gasteiger partial charge in [-0.2, -0.15) is 0 Å². The Morgan fingerprint density at radius 1 is 1.14 bits per heavy atom. The lowest BCUT2D eigenvalue weighted by molar-refractivity contribution is -0.119. The highest BCUT2D eigenvalue weighted by atomic mass is 32.2. The highest BCUT2D eigenvalue weighted by Crippen LogP contribution is 2.27. The molecule has 0 saturated carbocycles. The summed E-state index contributed by atoms with van der Waals surface area (Å²) in [7, 11) is 0. The van der Waals surface area contributed by atoms with Crippen LogP contribution in [0.4, 0.5) is 0 Å². The third-order valence-corrected chi connectivity index (χ3v) is 5.31. The first-order chi connectivity index (χ1) is 13.6. The first kappa shape index (κ1) is 18.3. The van der Waals surface area contributed by atoms with Crippen molar-refractivity contribution in [2.24, 2.45) is 0 Å². The minimum absolute atomic E-state index is 0.0929. The quantitative estimate of drug-likeness (QED) is 0.476. The number of carbonyl (C=O) groups is 1. The van der Waals surface area contributed by atoms with E-state index in [9.17, 15) is 4.79 Å². The maximum Gasteiger partial charge on any atom is 0.277 e. The van der Waals surface area contributed by atoms with E-state index in [1.54, 1.807) is 12.3 Å². The van der Waals surface area contributed by atoms with Crippen LogP contribution in [0.3, 0.4) is 0 Å². The van der Waals surface area contributed by atoms with Crippen LogP contribution in [0.25, 0.3) is 22.2 Å². The number of hydrogen-bond donors (Lipinski definition) is 1. The summed E-state index contributed by atoms with van der Waals surface area (Å²) in [6, 6.07) is 15.9. The van der Waals surface area contributed by atoms with Gasteiger partial charge in [0.15, 0.2) is 0 Å². The Balaban J connectivity index is 1.38. The molecular weight excluding hydrogens is 374 g/mol. The van der Waals surface area contributed by atoms with Crippen LogP contribution in [0, 0.1) is 6.92 Å². The number of furan rings is 1. The molecule has 0 aliphatic rings. The molecule has 1 N–H and O–H groups in total. The average Bonchev–Trinajstić information content (AvgIpc) is 3.34. The highest BCUT2D eigenvalue weighted by Gasteiger charge is 2.16. The van der Waals surface area contributed by atoms with Crippen molar-refractivity contribution < 1.29 is 13.6 Å². The van der Waals surface area contributed by atoms with Gasteiger partial charge in [0.05, 0.1) is 23.6 Å². The molecule has 1 atom stereocenters. The number of nitrogens with zero attached hydrogens (tertiary/aromatic N) is 2. The molecule has 4 rings (SSSR count). The molecule has 28 heavy (non-hydrogen) atoms. The maximum absolute atomic E-state index is 12.4. The molecule has 1 amide bonds. The minimum Gasteiger partial charge on any atom is -0.469 e. The van der Waals surface area contributed by atoms with Crippen molar-refractivity contribution >= 4 is 28.4 Å². The van der Waals surface area contributed by atoms with Crippen molar-refractivity contribution in [3.63, 3.8) is 0 Å². The van der Waals surface area contributed by atoms with Gasteiger partial charge in [-0.15, -0.1) is 10.2 Å². The zero-order valence-electron chi connectivity index (χ0n) is 15.5. The lowest BCUT2D eigenvalue weighted by Crippen LogP contribution is -2.28. The van der Waals surface area contributed by atoms with E-state index in [0.717, 1.165) is 21.9 Å². The van der Waals surface area contributed by atoms with Crippen molar-refractivity contribution in [2.45, 2.75) is 25.1 Å². The smallest absolute Gasteiger partial charge is 0.277 e. The van der Waals surface area contributed by atoms with Crippen molar-refractivity contribution in [1.29, 1.82) is 0 Å². The van der Waals surface area contributed by atoms with E-state index in [2.05, 4.69) is 33.7 Å². The van der Waals surface area contributed by atoms with Crippen molar-refractivity contribution in [3.8, 4) is 11.5 Å². The molecule has 7 heteroatoms. The number of benzene rings is 2. The topological polar surface area (TPSA) is 81.2 Å². The third kappa shape index (κ3) is 3.80. The molecule has 0 bridgehead atoms. The largest absolute Gasteiger partial charge is 0.469 e. The number of aromatic nitrogens is 2. The summed E-state index contributed by atoms with van der Waals surface area (Å²) >= 11 is 1.21. The van der Waals surface area contributed by atoms with Gasteiger partial charge in [0.2, 0.25) is 5.91 Å². The van der Waals surface area contributed by atoms with Gasteiger partial charge in [-0.25, -0.2) is 0 Å². The van der Waals surface area contributed by atoms with Crippen LogP contribution in [-0.2, 0) is 4.79 Å². The number of rotatable bonds is 6. The summed E-state index contributed by atoms with van der Waals surface area (Å²) in [5, 5.41) is 13.7. The second kappa shape index (κ2) is 7.90. The lowest BCUT2D eigenvalue weighted by atomic mass is 10.00. The number of amides is 1. The number of fused-ring (bicyclic) bond motifs is 1. The number of carbonyl (C=O) groups excluding carboxylic acids is 1. The minimum atomic E-state index is -0.106. The molecule has 0 saturated heterocycles. The van der Waals surface area contributed by atoms with Crippen molar-refractivity contribution in [3.05, 3.63) is 66.1 Å². The van der Waals surface area contributed by atoms with Gasteiger partial charge in [0, 0.05) is 0 Å². The van der Waals surface area contributed by atoms with E-state index in [-0.39, 0.29) is 17.7 Å². The molecule has 0 aliphatic heterocycles. The van der Waals surface area contributed by atoms with Crippen LogP contribution < -0.4 is 5.32 Å². The summed E-state index contributed by atoms with van der Waals surface area (Å²) in [6.45, 7) is 3.81. The van der Waals surface area contributed by atoms with Crippen LogP contribution in [0.15, 0.2) is 68.9 Å². The Labute approximate surface area is 166 Å². The SMILES string of the molecule is Cc1occc1-c1nnc(SCC(=O)NC(C)c2cccc3ccccc23)o1. The van der Waals surface area contributed by atoms with Gasteiger partial charge in [0.1, 0.15) is 5.76 Å². The van der Waals surface area contributed by atoms with Gasteiger partial charge in [-0.1, -0.05) is 54.2 Å². The Kier molecular flexibility index (Phi) is 5.16. The molecule has 2 aromatic heterocycles. The standard InChI is InChI=1S/C21H19N3O3S/c1-13(16-9-5-7-15-6-3-4-8-18(15)16)22-19(25)12-28-21-24-23-20(27-21)17-10-11-26-14(17)2/h3-11,13H,12H2,1-2H3,(H,22,25). The molecule has 1 unspecified atom stereocenters. The van der Waals surface area contributed by atoms with E-state index in [4.69, 9.17) is 8.83 Å². The molecule has 6 nitrogen and oxygen atoms in total. The number of thioether (sulfide) groups is 1. The molecule has 142 valence electrons. The van der Waals surface area contributed by atoms with Gasteiger partial charge in [-0.3, -0.25) is 4.79 Å². The summed E-state index contributed by atoms with van der Waals surface area (Å²) < 4.78 is 10.9. The first-order valence-corrected chi connectivity index (χ1v) is 9.88. The fourth-order valence-electron chi connectivity index (χ4n) is 3.10. The molecule has 0 spiro atoms. The summed E-state index contributed by atoms with van der Waals surface area (Å²) in [4.78, 5) is 12.4. The normalized spacial score (nSPS) is 12.2. The first-order valence-electron chi connectivity index (χ1n) is 8.89. The monoisotopic (exact) mass is 393 g/mol. The lowest BCUT2D eigenvalue weighted by Gasteiger charge is -2.16. The molecule has 0 aliphatic carbocycles. The second-order valence-corrected chi connectivity index (χ2v) is 7.34. The highest BCUT2D eigenvalue weighted by molar-refractivity contribution is 7.99. The van der Waals surface area contributed by atoms with E-state index in [1.807, 2.05) is 38.1 Å². The molecule has 0 fully saturated rings. The summed E-state index contributed by atoms with van der Waals surface area (Å²) in [6.07, 6.45) is 1.57.